The number of rotatable bonds is 4. The van der Waals surface area contributed by atoms with E-state index in [1.54, 1.807) is 0 Å². The van der Waals surface area contributed by atoms with Crippen molar-refractivity contribution in [2.45, 2.75) is 49.9 Å². The Morgan fingerprint density at radius 3 is 2.68 bits per heavy atom. The maximum atomic E-state index is 10.9. The van der Waals surface area contributed by atoms with Gasteiger partial charge in [-0.25, -0.2) is 0 Å². The molecular weight excluding hydrogens is 262 g/mol. The first-order chi connectivity index (χ1) is 9.02. The molecule has 0 amide bonds. The molecule has 19 heavy (non-hydrogen) atoms. The van der Waals surface area contributed by atoms with E-state index in [0.717, 1.165) is 25.4 Å². The number of carboxylic acids is 1. The maximum absolute atomic E-state index is 10.9. The number of carboxylic acid groups (broad SMARTS) is 1. The van der Waals surface area contributed by atoms with E-state index in [1.807, 2.05) is 11.8 Å². The van der Waals surface area contributed by atoms with Crippen LogP contribution >= 0.6 is 11.8 Å². The van der Waals surface area contributed by atoms with Crippen LogP contribution in [0.4, 0.5) is 0 Å². The third-order valence-electron chi connectivity index (χ3n) is 4.46. The van der Waals surface area contributed by atoms with Crippen molar-refractivity contribution in [3.05, 3.63) is 0 Å². The van der Waals surface area contributed by atoms with Crippen LogP contribution in [0, 0.1) is 5.92 Å². The van der Waals surface area contributed by atoms with Crippen LogP contribution in [0.2, 0.25) is 0 Å². The van der Waals surface area contributed by atoms with Crippen molar-refractivity contribution in [1.29, 1.82) is 0 Å². The fourth-order valence-corrected chi connectivity index (χ4v) is 4.40. The van der Waals surface area contributed by atoms with Gasteiger partial charge >= 0.3 is 5.97 Å². The molecule has 0 bridgehead atoms. The van der Waals surface area contributed by atoms with Crippen molar-refractivity contribution >= 4 is 17.7 Å². The van der Waals surface area contributed by atoms with E-state index < -0.39 is 11.6 Å². The minimum absolute atomic E-state index is 0.249. The first kappa shape index (κ1) is 15.1. The van der Waals surface area contributed by atoms with E-state index in [9.17, 15) is 9.90 Å². The number of thioether (sulfide) groups is 1. The predicted octanol–water partition coefficient (Wildman–Crippen LogP) is 1.82. The fourth-order valence-electron chi connectivity index (χ4n) is 3.15. The summed E-state index contributed by atoms with van der Waals surface area (Å²) in [4.78, 5) is 13.3. The second kappa shape index (κ2) is 6.46. The Balaban J connectivity index is 1.83. The van der Waals surface area contributed by atoms with Gasteiger partial charge < -0.3 is 10.2 Å². The number of aliphatic carboxylic acids is 1. The Morgan fingerprint density at radius 1 is 1.42 bits per heavy atom. The van der Waals surface area contributed by atoms with E-state index in [0.29, 0.717) is 30.9 Å². The van der Waals surface area contributed by atoms with Gasteiger partial charge in [-0.15, -0.1) is 0 Å². The van der Waals surface area contributed by atoms with Gasteiger partial charge in [0.15, 0.2) is 0 Å². The van der Waals surface area contributed by atoms with Crippen LogP contribution in [-0.4, -0.2) is 57.3 Å². The average molecular weight is 287 g/mol. The van der Waals surface area contributed by atoms with Gasteiger partial charge in [0.25, 0.3) is 0 Å². The van der Waals surface area contributed by atoms with E-state index in [1.165, 1.54) is 6.42 Å². The SMILES string of the molecule is CCC1CN(CC2(O)CCC(C(=O)O)CC2)CCS1. The normalized spacial score (nSPS) is 37.2. The maximum Gasteiger partial charge on any atom is 0.306 e. The number of carbonyl (C=O) groups is 1. The standard InChI is InChI=1S/C14H25NO3S/c1-2-12-9-15(7-8-19-12)10-14(18)5-3-11(4-6-14)13(16)17/h11-12,18H,2-10H2,1H3,(H,16,17). The number of hydrogen-bond donors (Lipinski definition) is 2. The highest BCUT2D eigenvalue weighted by atomic mass is 32.2. The monoisotopic (exact) mass is 287 g/mol. The molecule has 1 aliphatic heterocycles. The highest BCUT2D eigenvalue weighted by Gasteiger charge is 2.37. The summed E-state index contributed by atoms with van der Waals surface area (Å²) in [5.41, 5.74) is -0.660. The van der Waals surface area contributed by atoms with E-state index >= 15 is 0 Å². The number of nitrogens with zero attached hydrogens (tertiary/aromatic N) is 1. The second-order valence-electron chi connectivity index (χ2n) is 5.97. The Hall–Kier alpha value is -0.260. The van der Waals surface area contributed by atoms with Gasteiger partial charge in [-0.05, 0) is 32.1 Å². The zero-order valence-electron chi connectivity index (χ0n) is 11.7. The molecule has 1 heterocycles. The average Bonchev–Trinajstić information content (AvgIpc) is 2.39. The largest absolute Gasteiger partial charge is 0.481 e. The molecule has 0 aromatic carbocycles. The van der Waals surface area contributed by atoms with Crippen LogP contribution in [0.5, 0.6) is 0 Å². The molecule has 2 fully saturated rings. The van der Waals surface area contributed by atoms with Crippen LogP contribution in [0.15, 0.2) is 0 Å². The molecule has 1 saturated carbocycles. The molecule has 1 saturated heterocycles. The third-order valence-corrected chi connectivity index (χ3v) is 5.83. The zero-order valence-corrected chi connectivity index (χ0v) is 12.5. The van der Waals surface area contributed by atoms with Crippen molar-refractivity contribution in [3.63, 3.8) is 0 Å². The highest BCUT2D eigenvalue weighted by molar-refractivity contribution is 8.00. The second-order valence-corrected chi connectivity index (χ2v) is 7.38. The van der Waals surface area contributed by atoms with Crippen LogP contribution < -0.4 is 0 Å². The van der Waals surface area contributed by atoms with E-state index in [4.69, 9.17) is 5.11 Å². The molecule has 2 aliphatic rings. The van der Waals surface area contributed by atoms with Gasteiger partial charge in [0.2, 0.25) is 0 Å². The Labute approximate surface area is 119 Å². The summed E-state index contributed by atoms with van der Waals surface area (Å²) in [6.45, 7) is 5.04. The van der Waals surface area contributed by atoms with Crippen LogP contribution in [-0.2, 0) is 4.79 Å². The lowest BCUT2D eigenvalue weighted by atomic mass is 9.78. The van der Waals surface area contributed by atoms with Crippen molar-refractivity contribution in [2.24, 2.45) is 5.92 Å². The van der Waals surface area contributed by atoms with Crippen molar-refractivity contribution in [2.75, 3.05) is 25.4 Å². The minimum Gasteiger partial charge on any atom is -0.481 e. The summed E-state index contributed by atoms with van der Waals surface area (Å²) in [6, 6.07) is 0. The Bertz CT molecular complexity index is 316. The molecule has 1 unspecified atom stereocenters. The number of aliphatic hydroxyl groups is 1. The molecule has 0 aromatic heterocycles. The van der Waals surface area contributed by atoms with E-state index in [2.05, 4.69) is 11.8 Å². The Kier molecular flexibility index (Phi) is 5.15. The van der Waals surface area contributed by atoms with Crippen molar-refractivity contribution < 1.29 is 15.0 Å². The fraction of sp³-hybridized carbons (Fsp3) is 0.929. The first-order valence-electron chi connectivity index (χ1n) is 7.31. The molecular formula is C14H25NO3S. The quantitative estimate of drug-likeness (QED) is 0.826. The Morgan fingerprint density at radius 2 is 2.11 bits per heavy atom. The smallest absolute Gasteiger partial charge is 0.306 e. The van der Waals surface area contributed by atoms with Crippen molar-refractivity contribution in [3.8, 4) is 0 Å². The zero-order chi connectivity index (χ0) is 13.9. The van der Waals surface area contributed by atoms with Gasteiger partial charge in [-0.2, -0.15) is 11.8 Å². The lowest BCUT2D eigenvalue weighted by molar-refractivity contribution is -0.145. The molecule has 5 heteroatoms. The molecule has 0 radical (unpaired) electrons. The number of β-amino-alcohol motifs (C(OH)–C–C–N with tert-alkyl or cyclic N) is 1. The van der Waals surface area contributed by atoms with Gasteiger partial charge in [-0.3, -0.25) is 9.69 Å². The van der Waals surface area contributed by atoms with Gasteiger partial charge in [0.1, 0.15) is 0 Å². The lowest BCUT2D eigenvalue weighted by Gasteiger charge is -2.41. The third kappa shape index (κ3) is 4.10. The molecule has 0 aromatic rings. The highest BCUT2D eigenvalue weighted by Crippen LogP contribution is 2.34. The van der Waals surface area contributed by atoms with Gasteiger partial charge in [-0.1, -0.05) is 6.92 Å². The van der Waals surface area contributed by atoms with Crippen molar-refractivity contribution in [1.82, 2.24) is 4.90 Å². The van der Waals surface area contributed by atoms with Crippen LogP contribution in [0.1, 0.15) is 39.0 Å². The minimum atomic E-state index is -0.706. The summed E-state index contributed by atoms with van der Waals surface area (Å²) in [7, 11) is 0. The summed E-state index contributed by atoms with van der Waals surface area (Å²) in [5.74, 6) is 0.190. The van der Waals surface area contributed by atoms with Gasteiger partial charge in [0, 0.05) is 30.6 Å². The molecule has 110 valence electrons. The molecule has 4 nitrogen and oxygen atoms in total. The summed E-state index contributed by atoms with van der Waals surface area (Å²) in [6.07, 6.45) is 3.67. The van der Waals surface area contributed by atoms with E-state index in [-0.39, 0.29) is 5.92 Å². The summed E-state index contributed by atoms with van der Waals surface area (Å²) >= 11 is 2.03. The molecule has 1 atom stereocenters. The number of hydrogen-bond acceptors (Lipinski definition) is 4. The van der Waals surface area contributed by atoms with Crippen LogP contribution in [0.25, 0.3) is 0 Å². The van der Waals surface area contributed by atoms with Crippen LogP contribution in [0.3, 0.4) is 0 Å². The molecule has 2 rings (SSSR count). The topological polar surface area (TPSA) is 60.8 Å². The summed E-state index contributed by atoms with van der Waals surface area (Å²) in [5, 5.41) is 20.3. The van der Waals surface area contributed by atoms with Gasteiger partial charge in [0.05, 0.1) is 11.5 Å². The lowest BCUT2D eigenvalue weighted by Crippen LogP contribution is -2.49. The predicted molar refractivity (Wildman–Crippen MR) is 77.5 cm³/mol. The molecule has 0 spiro atoms. The molecule has 1 aliphatic carbocycles. The first-order valence-corrected chi connectivity index (χ1v) is 8.36. The summed E-state index contributed by atoms with van der Waals surface area (Å²) < 4.78 is 0. The molecule has 2 N–H and O–H groups in total.